The summed E-state index contributed by atoms with van der Waals surface area (Å²) in [6, 6.07) is 0. The first-order chi connectivity index (χ1) is 14.2. The van der Waals surface area contributed by atoms with Crippen molar-refractivity contribution in [2.75, 3.05) is 13.2 Å². The summed E-state index contributed by atoms with van der Waals surface area (Å²) in [5.74, 6) is 0.727. The topological polar surface area (TPSA) is 46.5 Å². The minimum Gasteiger partial charge on any atom is -0.466 e. The summed E-state index contributed by atoms with van der Waals surface area (Å²) >= 11 is 0. The highest BCUT2D eigenvalue weighted by atomic mass is 16.5. The normalized spacial score (nSPS) is 11.3. The number of carbonyl (C=O) groups is 1. The third-order valence-corrected chi connectivity index (χ3v) is 5.73. The van der Waals surface area contributed by atoms with E-state index in [4.69, 9.17) is 9.84 Å². The van der Waals surface area contributed by atoms with Gasteiger partial charge in [0.15, 0.2) is 0 Å². The van der Waals surface area contributed by atoms with Crippen molar-refractivity contribution in [3.8, 4) is 0 Å². The highest BCUT2D eigenvalue weighted by Gasteiger charge is 2.03. The Labute approximate surface area is 182 Å². The Balaban J connectivity index is 3.10. The van der Waals surface area contributed by atoms with Crippen molar-refractivity contribution in [2.24, 2.45) is 5.92 Å². The second kappa shape index (κ2) is 23.7. The monoisotopic (exact) mass is 412 g/mol. The highest BCUT2D eigenvalue weighted by Crippen LogP contribution is 2.14. The second-order valence-electron chi connectivity index (χ2n) is 9.24. The third-order valence-electron chi connectivity index (χ3n) is 5.73. The average Bonchev–Trinajstić information content (AvgIpc) is 2.70. The molecule has 0 rings (SSSR count). The summed E-state index contributed by atoms with van der Waals surface area (Å²) in [4.78, 5) is 11.6. The van der Waals surface area contributed by atoms with Gasteiger partial charge in [0, 0.05) is 13.0 Å². The van der Waals surface area contributed by atoms with E-state index in [2.05, 4.69) is 13.8 Å². The molecule has 3 heteroatoms. The van der Waals surface area contributed by atoms with Crippen molar-refractivity contribution in [3.05, 3.63) is 0 Å². The van der Waals surface area contributed by atoms with Gasteiger partial charge in [-0.05, 0) is 25.2 Å². The Kier molecular flexibility index (Phi) is 23.2. The van der Waals surface area contributed by atoms with Crippen molar-refractivity contribution in [3.63, 3.8) is 0 Å². The maximum Gasteiger partial charge on any atom is 0.305 e. The zero-order chi connectivity index (χ0) is 21.4. The minimum absolute atomic E-state index is 0.00421. The Morgan fingerprint density at radius 1 is 0.621 bits per heavy atom. The molecule has 0 aliphatic heterocycles. The number of carbonyl (C=O) groups excluding carboxylic acids is 1. The highest BCUT2D eigenvalue weighted by molar-refractivity contribution is 5.69. The molecule has 0 aliphatic carbocycles. The van der Waals surface area contributed by atoms with Crippen LogP contribution in [0.2, 0.25) is 0 Å². The van der Waals surface area contributed by atoms with E-state index in [9.17, 15) is 4.79 Å². The zero-order valence-corrected chi connectivity index (χ0v) is 19.9. The maximum atomic E-state index is 11.6. The number of hydrogen-bond acceptors (Lipinski definition) is 3. The van der Waals surface area contributed by atoms with Crippen LogP contribution in [-0.4, -0.2) is 24.3 Å². The molecule has 0 saturated heterocycles. The van der Waals surface area contributed by atoms with Gasteiger partial charge in [0.05, 0.1) is 6.61 Å². The SMILES string of the molecule is CC(C)CCCCC(=O)OCCCCCCCCCCCCCCCCCCO. The smallest absolute Gasteiger partial charge is 0.305 e. The van der Waals surface area contributed by atoms with Crippen LogP contribution in [0.3, 0.4) is 0 Å². The van der Waals surface area contributed by atoms with Crippen LogP contribution < -0.4 is 0 Å². The second-order valence-corrected chi connectivity index (χ2v) is 9.24. The van der Waals surface area contributed by atoms with Gasteiger partial charge in [-0.1, -0.05) is 117 Å². The quantitative estimate of drug-likeness (QED) is 0.137. The molecule has 0 unspecified atom stereocenters. The summed E-state index contributed by atoms with van der Waals surface area (Å²) in [6.45, 7) is 5.42. The molecule has 29 heavy (non-hydrogen) atoms. The Morgan fingerprint density at radius 2 is 1.03 bits per heavy atom. The standard InChI is InChI=1S/C26H52O3/c1-25(2)21-17-18-22-26(28)29-24-20-16-14-12-10-8-6-4-3-5-7-9-11-13-15-19-23-27/h25,27H,3-24H2,1-2H3. The number of ether oxygens (including phenoxy) is 1. The van der Waals surface area contributed by atoms with Crippen LogP contribution in [-0.2, 0) is 9.53 Å². The molecule has 0 aliphatic rings. The van der Waals surface area contributed by atoms with E-state index in [-0.39, 0.29) is 5.97 Å². The van der Waals surface area contributed by atoms with Crippen molar-refractivity contribution < 1.29 is 14.6 Å². The van der Waals surface area contributed by atoms with Crippen molar-refractivity contribution in [2.45, 2.75) is 142 Å². The molecule has 0 bridgehead atoms. The van der Waals surface area contributed by atoms with Crippen LogP contribution in [0.1, 0.15) is 142 Å². The summed E-state index contributed by atoms with van der Waals surface area (Å²) in [6.07, 6.45) is 24.7. The molecule has 1 N–H and O–H groups in total. The lowest BCUT2D eigenvalue weighted by atomic mass is 10.0. The fourth-order valence-electron chi connectivity index (χ4n) is 3.77. The third kappa shape index (κ3) is 25.4. The van der Waals surface area contributed by atoms with Crippen LogP contribution in [0.15, 0.2) is 0 Å². The molecular formula is C26H52O3. The molecule has 0 radical (unpaired) electrons. The van der Waals surface area contributed by atoms with Gasteiger partial charge in [0.25, 0.3) is 0 Å². The fraction of sp³-hybridized carbons (Fsp3) is 0.962. The van der Waals surface area contributed by atoms with Gasteiger partial charge in [0.1, 0.15) is 0 Å². The Morgan fingerprint density at radius 3 is 1.45 bits per heavy atom. The van der Waals surface area contributed by atoms with E-state index in [1.807, 2.05) is 0 Å². The van der Waals surface area contributed by atoms with Crippen molar-refractivity contribution in [1.82, 2.24) is 0 Å². The number of aliphatic hydroxyl groups is 1. The molecule has 174 valence electrons. The van der Waals surface area contributed by atoms with E-state index < -0.39 is 0 Å². The van der Waals surface area contributed by atoms with Gasteiger partial charge in [-0.2, -0.15) is 0 Å². The fourth-order valence-corrected chi connectivity index (χ4v) is 3.77. The number of rotatable bonds is 23. The van der Waals surface area contributed by atoms with Crippen molar-refractivity contribution in [1.29, 1.82) is 0 Å². The van der Waals surface area contributed by atoms with Gasteiger partial charge in [-0.25, -0.2) is 0 Å². The van der Waals surface area contributed by atoms with Crippen LogP contribution >= 0.6 is 0 Å². The van der Waals surface area contributed by atoms with Crippen molar-refractivity contribution >= 4 is 5.97 Å². The predicted molar refractivity (Wildman–Crippen MR) is 125 cm³/mol. The van der Waals surface area contributed by atoms with Gasteiger partial charge in [-0.3, -0.25) is 4.79 Å². The molecule has 0 aromatic rings. The summed E-state index contributed by atoms with van der Waals surface area (Å²) in [7, 11) is 0. The van der Waals surface area contributed by atoms with Gasteiger partial charge < -0.3 is 9.84 Å². The lowest BCUT2D eigenvalue weighted by molar-refractivity contribution is -0.143. The van der Waals surface area contributed by atoms with Crippen LogP contribution in [0.4, 0.5) is 0 Å². The number of hydrogen-bond donors (Lipinski definition) is 1. The van der Waals surface area contributed by atoms with Crippen LogP contribution in [0, 0.1) is 5.92 Å². The molecule has 0 aromatic heterocycles. The summed E-state index contributed by atoms with van der Waals surface area (Å²) in [5, 5.41) is 8.74. The maximum absolute atomic E-state index is 11.6. The van der Waals surface area contributed by atoms with E-state index in [0.29, 0.717) is 19.6 Å². The largest absolute Gasteiger partial charge is 0.466 e. The predicted octanol–water partition coefficient (Wildman–Crippen LogP) is 7.98. The minimum atomic E-state index is -0.00421. The number of aliphatic hydroxyl groups excluding tert-OH is 1. The molecule has 0 fully saturated rings. The molecule has 0 heterocycles. The Bertz CT molecular complexity index is 328. The summed E-state index contributed by atoms with van der Waals surface area (Å²) < 4.78 is 5.32. The average molecular weight is 413 g/mol. The number of esters is 1. The van der Waals surface area contributed by atoms with Crippen LogP contribution in [0.5, 0.6) is 0 Å². The van der Waals surface area contributed by atoms with E-state index >= 15 is 0 Å². The van der Waals surface area contributed by atoms with Gasteiger partial charge in [-0.15, -0.1) is 0 Å². The van der Waals surface area contributed by atoms with E-state index in [0.717, 1.165) is 31.6 Å². The van der Waals surface area contributed by atoms with Gasteiger partial charge in [0.2, 0.25) is 0 Å². The molecular weight excluding hydrogens is 360 g/mol. The first-order valence-corrected chi connectivity index (χ1v) is 12.9. The van der Waals surface area contributed by atoms with Gasteiger partial charge >= 0.3 is 5.97 Å². The molecule has 0 amide bonds. The lowest BCUT2D eigenvalue weighted by Crippen LogP contribution is -2.05. The molecule has 0 saturated carbocycles. The molecule has 3 nitrogen and oxygen atoms in total. The summed E-state index contributed by atoms with van der Waals surface area (Å²) in [5.41, 5.74) is 0. The molecule has 0 atom stereocenters. The van der Waals surface area contributed by atoms with E-state index in [1.54, 1.807) is 0 Å². The lowest BCUT2D eigenvalue weighted by Gasteiger charge is -2.06. The number of unbranched alkanes of at least 4 members (excludes halogenated alkanes) is 16. The molecule has 0 aromatic carbocycles. The molecule has 0 spiro atoms. The first kappa shape index (κ1) is 28.4. The zero-order valence-electron chi connectivity index (χ0n) is 19.9. The van der Waals surface area contributed by atoms with Crippen LogP contribution in [0.25, 0.3) is 0 Å². The first-order valence-electron chi connectivity index (χ1n) is 12.9. The van der Waals surface area contributed by atoms with E-state index in [1.165, 1.54) is 96.3 Å². The Hall–Kier alpha value is -0.570.